The summed E-state index contributed by atoms with van der Waals surface area (Å²) in [7, 11) is 0. The SMILES string of the molecule is NCc1cccc(-c2cccc(Oc3nc(OC(C(=O)O)c4cccc(Br)c4)c(F)cc3F)c2)c1. The van der Waals surface area contributed by atoms with Crippen molar-refractivity contribution in [3.8, 4) is 28.6 Å². The lowest BCUT2D eigenvalue weighted by molar-refractivity contribution is -0.145. The van der Waals surface area contributed by atoms with Gasteiger partial charge >= 0.3 is 5.97 Å². The zero-order valence-corrected chi connectivity index (χ0v) is 19.7. The summed E-state index contributed by atoms with van der Waals surface area (Å²) in [4.78, 5) is 15.6. The predicted molar refractivity (Wildman–Crippen MR) is 129 cm³/mol. The maximum absolute atomic E-state index is 14.5. The molecular formula is C26H19BrF2N2O4. The van der Waals surface area contributed by atoms with Crippen molar-refractivity contribution in [1.82, 2.24) is 4.98 Å². The summed E-state index contributed by atoms with van der Waals surface area (Å²) in [6, 6.07) is 21.3. The number of pyridine rings is 1. The monoisotopic (exact) mass is 540 g/mol. The third-order valence-electron chi connectivity index (χ3n) is 5.01. The van der Waals surface area contributed by atoms with Crippen LogP contribution in [0.2, 0.25) is 0 Å². The quantitative estimate of drug-likeness (QED) is 0.274. The van der Waals surface area contributed by atoms with Crippen molar-refractivity contribution >= 4 is 21.9 Å². The van der Waals surface area contributed by atoms with Crippen molar-refractivity contribution in [3.05, 3.63) is 106 Å². The van der Waals surface area contributed by atoms with Crippen LogP contribution in [0.1, 0.15) is 17.2 Å². The molecule has 178 valence electrons. The van der Waals surface area contributed by atoms with Crippen molar-refractivity contribution < 1.29 is 28.2 Å². The number of hydrogen-bond acceptors (Lipinski definition) is 5. The van der Waals surface area contributed by atoms with Gasteiger partial charge in [-0.25, -0.2) is 13.6 Å². The van der Waals surface area contributed by atoms with Gasteiger partial charge < -0.3 is 20.3 Å². The van der Waals surface area contributed by atoms with Gasteiger partial charge in [-0.1, -0.05) is 58.4 Å². The molecule has 1 unspecified atom stereocenters. The van der Waals surface area contributed by atoms with Crippen molar-refractivity contribution in [2.24, 2.45) is 5.73 Å². The first-order chi connectivity index (χ1) is 16.8. The van der Waals surface area contributed by atoms with Crippen molar-refractivity contribution in [1.29, 1.82) is 0 Å². The molecule has 0 bridgehead atoms. The Morgan fingerprint density at radius 2 is 1.63 bits per heavy atom. The number of nitrogens with zero attached hydrogens (tertiary/aromatic N) is 1. The molecule has 0 fully saturated rings. The average molecular weight is 541 g/mol. The van der Waals surface area contributed by atoms with Crippen LogP contribution in [0.25, 0.3) is 11.1 Å². The van der Waals surface area contributed by atoms with Crippen LogP contribution in [0.3, 0.4) is 0 Å². The van der Waals surface area contributed by atoms with Gasteiger partial charge in [0.2, 0.25) is 6.10 Å². The van der Waals surface area contributed by atoms with Crippen LogP contribution in [-0.2, 0) is 11.3 Å². The van der Waals surface area contributed by atoms with Crippen LogP contribution in [0.4, 0.5) is 8.78 Å². The third-order valence-corrected chi connectivity index (χ3v) is 5.51. The van der Waals surface area contributed by atoms with Gasteiger partial charge in [0.15, 0.2) is 11.6 Å². The summed E-state index contributed by atoms with van der Waals surface area (Å²) >= 11 is 3.25. The van der Waals surface area contributed by atoms with E-state index in [1.165, 1.54) is 12.1 Å². The summed E-state index contributed by atoms with van der Waals surface area (Å²) < 4.78 is 40.5. The second-order valence-electron chi connectivity index (χ2n) is 7.49. The summed E-state index contributed by atoms with van der Waals surface area (Å²) in [6.07, 6.45) is -1.58. The van der Waals surface area contributed by atoms with Crippen LogP contribution in [-0.4, -0.2) is 16.1 Å². The fraction of sp³-hybridized carbons (Fsp3) is 0.0769. The Kier molecular flexibility index (Phi) is 7.38. The van der Waals surface area contributed by atoms with E-state index in [1.54, 1.807) is 30.3 Å². The first kappa shape index (κ1) is 24.3. The van der Waals surface area contributed by atoms with Crippen LogP contribution >= 0.6 is 15.9 Å². The number of benzene rings is 3. The fourth-order valence-electron chi connectivity index (χ4n) is 3.36. The van der Waals surface area contributed by atoms with E-state index in [9.17, 15) is 18.7 Å². The zero-order chi connectivity index (χ0) is 24.9. The second kappa shape index (κ2) is 10.6. The van der Waals surface area contributed by atoms with Crippen LogP contribution in [0, 0.1) is 11.6 Å². The lowest BCUT2D eigenvalue weighted by Crippen LogP contribution is -2.19. The largest absolute Gasteiger partial charge is 0.478 e. The maximum atomic E-state index is 14.5. The van der Waals surface area contributed by atoms with Gasteiger partial charge in [-0.05, 0) is 47.0 Å². The molecule has 35 heavy (non-hydrogen) atoms. The predicted octanol–water partition coefficient (Wildman–Crippen LogP) is 6.25. The second-order valence-corrected chi connectivity index (χ2v) is 8.40. The molecule has 0 spiro atoms. The molecule has 0 saturated carbocycles. The van der Waals surface area contributed by atoms with Gasteiger partial charge in [0, 0.05) is 22.6 Å². The van der Waals surface area contributed by atoms with Gasteiger partial charge in [0.1, 0.15) is 5.75 Å². The summed E-state index contributed by atoms with van der Waals surface area (Å²) in [5.41, 5.74) is 8.57. The number of carboxylic acids is 1. The van der Waals surface area contributed by atoms with E-state index < -0.39 is 35.5 Å². The molecule has 3 N–H and O–H groups in total. The van der Waals surface area contributed by atoms with Gasteiger partial charge in [-0.3, -0.25) is 0 Å². The van der Waals surface area contributed by atoms with E-state index in [2.05, 4.69) is 20.9 Å². The lowest BCUT2D eigenvalue weighted by atomic mass is 10.0. The molecule has 6 nitrogen and oxygen atoms in total. The third kappa shape index (κ3) is 5.82. The zero-order valence-electron chi connectivity index (χ0n) is 18.1. The molecule has 0 aliphatic carbocycles. The van der Waals surface area contributed by atoms with Crippen molar-refractivity contribution in [3.63, 3.8) is 0 Å². The molecule has 9 heteroatoms. The minimum Gasteiger partial charge on any atom is -0.478 e. The first-order valence-electron chi connectivity index (χ1n) is 10.4. The molecule has 1 heterocycles. The molecular weight excluding hydrogens is 522 g/mol. The van der Waals surface area contributed by atoms with E-state index in [0.29, 0.717) is 17.1 Å². The van der Waals surface area contributed by atoms with Crippen molar-refractivity contribution in [2.75, 3.05) is 0 Å². The molecule has 0 saturated heterocycles. The molecule has 1 atom stereocenters. The Bertz CT molecular complexity index is 1380. The lowest BCUT2D eigenvalue weighted by Gasteiger charge is -2.16. The highest BCUT2D eigenvalue weighted by Crippen LogP contribution is 2.32. The van der Waals surface area contributed by atoms with E-state index in [1.807, 2.05) is 30.3 Å². The number of aromatic nitrogens is 1. The number of halogens is 3. The molecule has 4 rings (SSSR count). The normalized spacial score (nSPS) is 11.7. The average Bonchev–Trinajstić information content (AvgIpc) is 2.85. The molecule has 3 aromatic carbocycles. The minimum absolute atomic E-state index is 0.242. The topological polar surface area (TPSA) is 94.7 Å². The Morgan fingerprint density at radius 1 is 0.943 bits per heavy atom. The minimum atomic E-state index is -1.58. The number of rotatable bonds is 8. The van der Waals surface area contributed by atoms with Gasteiger partial charge in [0.25, 0.3) is 11.8 Å². The van der Waals surface area contributed by atoms with E-state index in [4.69, 9.17) is 15.2 Å². The van der Waals surface area contributed by atoms with Gasteiger partial charge in [-0.2, -0.15) is 4.98 Å². The number of aliphatic carboxylic acids is 1. The Balaban J connectivity index is 1.63. The number of carbonyl (C=O) groups is 1. The number of nitrogens with two attached hydrogens (primary N) is 1. The van der Waals surface area contributed by atoms with Crippen molar-refractivity contribution in [2.45, 2.75) is 12.6 Å². The Labute approximate surface area is 208 Å². The highest BCUT2D eigenvalue weighted by Gasteiger charge is 2.26. The van der Waals surface area contributed by atoms with Gasteiger partial charge in [0.05, 0.1) is 0 Å². The Hall–Kier alpha value is -3.82. The van der Waals surface area contributed by atoms with Crippen LogP contribution in [0.15, 0.2) is 83.3 Å². The van der Waals surface area contributed by atoms with E-state index in [-0.39, 0.29) is 11.3 Å². The summed E-state index contributed by atoms with van der Waals surface area (Å²) in [5.74, 6) is -4.63. The number of ether oxygens (including phenoxy) is 2. The first-order valence-corrected chi connectivity index (χ1v) is 11.2. The van der Waals surface area contributed by atoms with Crippen LogP contribution in [0.5, 0.6) is 17.5 Å². The number of carboxylic acid groups (broad SMARTS) is 1. The smallest absolute Gasteiger partial charge is 0.349 e. The molecule has 0 amide bonds. The molecule has 0 radical (unpaired) electrons. The number of hydrogen-bond donors (Lipinski definition) is 2. The maximum Gasteiger partial charge on any atom is 0.349 e. The summed E-state index contributed by atoms with van der Waals surface area (Å²) in [6.45, 7) is 0.384. The fourth-order valence-corrected chi connectivity index (χ4v) is 3.78. The molecule has 0 aliphatic heterocycles. The molecule has 1 aromatic heterocycles. The molecule has 0 aliphatic rings. The van der Waals surface area contributed by atoms with E-state index >= 15 is 0 Å². The Morgan fingerprint density at radius 3 is 2.34 bits per heavy atom. The standard InChI is InChI=1S/C26H19BrF2N2O4/c27-19-8-2-7-18(11-19)23(26(32)33)35-25-22(29)13-21(28)24(31-25)34-20-9-3-6-17(12-20)16-5-1-4-15(10-16)14-30/h1-13,23H,14,30H2,(H,32,33). The highest BCUT2D eigenvalue weighted by molar-refractivity contribution is 9.10. The molecule has 4 aromatic rings. The van der Waals surface area contributed by atoms with E-state index in [0.717, 1.165) is 16.7 Å². The van der Waals surface area contributed by atoms with Crippen LogP contribution < -0.4 is 15.2 Å². The van der Waals surface area contributed by atoms with Gasteiger partial charge in [-0.15, -0.1) is 0 Å². The highest BCUT2D eigenvalue weighted by atomic mass is 79.9. The summed E-state index contributed by atoms with van der Waals surface area (Å²) in [5, 5.41) is 9.60.